The second kappa shape index (κ2) is 5.22. The molecule has 0 fully saturated rings. The third kappa shape index (κ3) is 3.08. The van der Waals surface area contributed by atoms with Crippen molar-refractivity contribution in [2.75, 3.05) is 4.72 Å². The average Bonchev–Trinajstić information content (AvgIpc) is 2.83. The predicted molar refractivity (Wildman–Crippen MR) is 75.0 cm³/mol. The van der Waals surface area contributed by atoms with Gasteiger partial charge in [-0.15, -0.1) is 0 Å². The number of nitrogens with zero attached hydrogens (tertiary/aromatic N) is 1. The summed E-state index contributed by atoms with van der Waals surface area (Å²) in [4.78, 5) is 6.73. The molecule has 0 unspecified atom stereocenters. The van der Waals surface area contributed by atoms with Crippen molar-refractivity contribution in [3.8, 4) is 0 Å². The van der Waals surface area contributed by atoms with E-state index in [2.05, 4.69) is 14.7 Å². The van der Waals surface area contributed by atoms with Gasteiger partial charge in [0.05, 0.1) is 16.9 Å². The van der Waals surface area contributed by atoms with Crippen molar-refractivity contribution in [1.29, 1.82) is 0 Å². The first kappa shape index (κ1) is 13.9. The van der Waals surface area contributed by atoms with E-state index >= 15 is 0 Å². The summed E-state index contributed by atoms with van der Waals surface area (Å²) in [5, 5.41) is 0.381. The normalized spacial score (nSPS) is 11.5. The number of hydrogen-bond acceptors (Lipinski definition) is 3. The summed E-state index contributed by atoms with van der Waals surface area (Å²) in [6.45, 7) is 3.75. The van der Waals surface area contributed by atoms with Gasteiger partial charge >= 0.3 is 0 Å². The monoisotopic (exact) mass is 299 g/mol. The van der Waals surface area contributed by atoms with Gasteiger partial charge in [0, 0.05) is 6.42 Å². The molecule has 0 bridgehead atoms. The number of aromatic nitrogens is 2. The number of H-pyrrole nitrogens is 1. The Kier molecular flexibility index (Phi) is 3.82. The molecule has 0 amide bonds. The summed E-state index contributed by atoms with van der Waals surface area (Å²) >= 11 is 5.97. The van der Waals surface area contributed by atoms with E-state index in [0.29, 0.717) is 23.0 Å². The smallest absolute Gasteiger partial charge is 0.279 e. The van der Waals surface area contributed by atoms with Crippen LogP contribution in [-0.4, -0.2) is 18.4 Å². The number of aromatic amines is 1. The molecule has 2 rings (SSSR count). The quantitative estimate of drug-likeness (QED) is 0.911. The molecule has 1 aromatic carbocycles. The van der Waals surface area contributed by atoms with Gasteiger partial charge in [0.15, 0.2) is 5.03 Å². The summed E-state index contributed by atoms with van der Waals surface area (Å²) in [5.41, 5.74) is 1.27. The number of benzene rings is 1. The highest BCUT2D eigenvalue weighted by Crippen LogP contribution is 2.25. The third-order valence-corrected chi connectivity index (χ3v) is 4.20. The van der Waals surface area contributed by atoms with E-state index < -0.39 is 10.0 Å². The van der Waals surface area contributed by atoms with Crippen molar-refractivity contribution >= 4 is 27.3 Å². The van der Waals surface area contributed by atoms with Gasteiger partial charge in [0.25, 0.3) is 10.0 Å². The Morgan fingerprint density at radius 1 is 1.42 bits per heavy atom. The second-order valence-electron chi connectivity index (χ2n) is 4.14. The molecule has 0 atom stereocenters. The molecular formula is C12H14ClN3O2S. The maximum absolute atomic E-state index is 12.2. The van der Waals surface area contributed by atoms with Gasteiger partial charge in [-0.3, -0.25) is 4.72 Å². The van der Waals surface area contributed by atoms with Gasteiger partial charge in [0.2, 0.25) is 0 Å². The number of anilines is 1. The second-order valence-corrected chi connectivity index (χ2v) is 6.19. The molecule has 0 saturated heterocycles. The van der Waals surface area contributed by atoms with E-state index in [1.807, 2.05) is 19.9 Å². The first-order chi connectivity index (χ1) is 8.92. The highest BCUT2D eigenvalue weighted by atomic mass is 35.5. The van der Waals surface area contributed by atoms with Gasteiger partial charge in [-0.1, -0.05) is 24.6 Å². The van der Waals surface area contributed by atoms with Gasteiger partial charge < -0.3 is 4.98 Å². The van der Waals surface area contributed by atoms with Crippen LogP contribution in [0.25, 0.3) is 0 Å². The van der Waals surface area contributed by atoms with Crippen LogP contribution in [0.5, 0.6) is 0 Å². The van der Waals surface area contributed by atoms with Gasteiger partial charge in [-0.2, -0.15) is 8.42 Å². The highest BCUT2D eigenvalue weighted by molar-refractivity contribution is 7.92. The minimum atomic E-state index is -3.69. The van der Waals surface area contributed by atoms with E-state index in [1.54, 1.807) is 12.1 Å². The highest BCUT2D eigenvalue weighted by Gasteiger charge is 2.18. The topological polar surface area (TPSA) is 74.8 Å². The molecule has 2 aromatic rings. The third-order valence-electron chi connectivity index (χ3n) is 2.60. The molecule has 7 heteroatoms. The summed E-state index contributed by atoms with van der Waals surface area (Å²) < 4.78 is 26.8. The van der Waals surface area contributed by atoms with Crippen LogP contribution in [0, 0.1) is 6.92 Å². The average molecular weight is 300 g/mol. The fourth-order valence-electron chi connectivity index (χ4n) is 1.58. The van der Waals surface area contributed by atoms with Crippen molar-refractivity contribution in [1.82, 2.24) is 9.97 Å². The fraction of sp³-hybridized carbons (Fsp3) is 0.250. The zero-order chi connectivity index (χ0) is 14.0. The maximum atomic E-state index is 12.2. The van der Waals surface area contributed by atoms with Crippen molar-refractivity contribution < 1.29 is 8.42 Å². The minimum absolute atomic E-state index is 0.0296. The van der Waals surface area contributed by atoms with Crippen LogP contribution in [0.15, 0.2) is 29.4 Å². The molecule has 0 aliphatic rings. The molecule has 1 aromatic heterocycles. The maximum Gasteiger partial charge on any atom is 0.279 e. The Labute approximate surface area is 117 Å². The zero-order valence-electron chi connectivity index (χ0n) is 10.6. The van der Waals surface area contributed by atoms with E-state index in [0.717, 1.165) is 5.56 Å². The SMILES string of the molecule is CCc1ncc(S(=O)(=O)Nc2cc(C)ccc2Cl)[nH]1. The molecule has 0 saturated carbocycles. The van der Waals surface area contributed by atoms with Crippen LogP contribution < -0.4 is 4.72 Å². The minimum Gasteiger partial charge on any atom is -0.332 e. The summed E-state index contributed by atoms with van der Waals surface area (Å²) in [7, 11) is -3.69. The standard InChI is InChI=1S/C12H14ClN3O2S/c1-3-11-14-7-12(15-11)19(17,18)16-10-6-8(2)4-5-9(10)13/h4-7,16H,3H2,1-2H3,(H,14,15). The molecule has 0 aliphatic carbocycles. The molecular weight excluding hydrogens is 286 g/mol. The summed E-state index contributed by atoms with van der Waals surface area (Å²) in [6.07, 6.45) is 1.94. The first-order valence-electron chi connectivity index (χ1n) is 5.75. The number of sulfonamides is 1. The number of nitrogens with one attached hydrogen (secondary N) is 2. The van der Waals surface area contributed by atoms with E-state index in [-0.39, 0.29) is 5.03 Å². The summed E-state index contributed by atoms with van der Waals surface area (Å²) in [5.74, 6) is 0.621. The Bertz CT molecular complexity index is 695. The van der Waals surface area contributed by atoms with Crippen LogP contribution in [0.4, 0.5) is 5.69 Å². The molecule has 2 N–H and O–H groups in total. The van der Waals surface area contributed by atoms with Crippen molar-refractivity contribution in [3.63, 3.8) is 0 Å². The molecule has 1 heterocycles. The molecule has 19 heavy (non-hydrogen) atoms. The lowest BCUT2D eigenvalue weighted by atomic mass is 10.2. The Morgan fingerprint density at radius 2 is 2.16 bits per heavy atom. The van der Waals surface area contributed by atoms with Crippen LogP contribution in [0.3, 0.4) is 0 Å². The van der Waals surface area contributed by atoms with E-state index in [1.165, 1.54) is 6.20 Å². The first-order valence-corrected chi connectivity index (χ1v) is 7.61. The number of rotatable bonds is 4. The zero-order valence-corrected chi connectivity index (χ0v) is 12.1. The largest absolute Gasteiger partial charge is 0.332 e. The summed E-state index contributed by atoms with van der Waals surface area (Å²) in [6, 6.07) is 5.14. The molecule has 5 nitrogen and oxygen atoms in total. The number of halogens is 1. The van der Waals surface area contributed by atoms with Gasteiger partial charge in [0.1, 0.15) is 5.82 Å². The lowest BCUT2D eigenvalue weighted by Gasteiger charge is -2.08. The fourth-order valence-corrected chi connectivity index (χ4v) is 2.81. The predicted octanol–water partition coefficient (Wildman–Crippen LogP) is 2.73. The Hall–Kier alpha value is -1.53. The number of aryl methyl sites for hydroxylation is 2. The molecule has 0 aliphatic heterocycles. The van der Waals surface area contributed by atoms with Crippen LogP contribution in [0.2, 0.25) is 5.02 Å². The number of hydrogen-bond donors (Lipinski definition) is 2. The molecule has 0 radical (unpaired) electrons. The molecule has 0 spiro atoms. The van der Waals surface area contributed by atoms with Crippen LogP contribution in [0.1, 0.15) is 18.3 Å². The van der Waals surface area contributed by atoms with Gasteiger partial charge in [-0.05, 0) is 24.6 Å². The van der Waals surface area contributed by atoms with Crippen molar-refractivity contribution in [3.05, 3.63) is 40.8 Å². The number of imidazole rings is 1. The van der Waals surface area contributed by atoms with E-state index in [9.17, 15) is 8.42 Å². The van der Waals surface area contributed by atoms with Gasteiger partial charge in [-0.25, -0.2) is 4.98 Å². The van der Waals surface area contributed by atoms with Crippen molar-refractivity contribution in [2.45, 2.75) is 25.3 Å². The van der Waals surface area contributed by atoms with Crippen LogP contribution in [-0.2, 0) is 16.4 Å². The van der Waals surface area contributed by atoms with E-state index in [4.69, 9.17) is 11.6 Å². The molecule has 102 valence electrons. The Morgan fingerprint density at radius 3 is 2.79 bits per heavy atom. The lowest BCUT2D eigenvalue weighted by Crippen LogP contribution is -2.14. The lowest BCUT2D eigenvalue weighted by molar-refractivity contribution is 0.598. The van der Waals surface area contributed by atoms with Crippen molar-refractivity contribution in [2.24, 2.45) is 0 Å². The Balaban J connectivity index is 2.33. The van der Waals surface area contributed by atoms with Crippen LogP contribution >= 0.6 is 11.6 Å².